The van der Waals surface area contributed by atoms with Crippen LogP contribution in [-0.4, -0.2) is 62.9 Å². The van der Waals surface area contributed by atoms with E-state index in [1.54, 1.807) is 30.0 Å². The summed E-state index contributed by atoms with van der Waals surface area (Å²) < 4.78 is 37.3. The van der Waals surface area contributed by atoms with Gasteiger partial charge in [0.05, 0.1) is 31.7 Å². The van der Waals surface area contributed by atoms with Gasteiger partial charge in [0.25, 0.3) is 5.91 Å². The minimum atomic E-state index is -0.788. The fourth-order valence-electron chi connectivity index (χ4n) is 5.69. The van der Waals surface area contributed by atoms with Crippen LogP contribution in [0.5, 0.6) is 17.2 Å². The molecule has 2 amide bonds. The Balaban J connectivity index is 0.00000461. The molecule has 0 saturated carbocycles. The van der Waals surface area contributed by atoms with Gasteiger partial charge in [-0.15, -0.1) is 12.4 Å². The molecule has 0 atom stereocenters. The Kier molecular flexibility index (Phi) is 10.7. The number of fused-ring (bicyclic) bond motifs is 1. The third-order valence-corrected chi connectivity index (χ3v) is 8.04. The lowest BCUT2D eigenvalue weighted by molar-refractivity contribution is -0.121. The predicted molar refractivity (Wildman–Crippen MR) is 175 cm³/mol. The van der Waals surface area contributed by atoms with Crippen molar-refractivity contribution in [3.8, 4) is 28.4 Å². The van der Waals surface area contributed by atoms with E-state index in [1.165, 1.54) is 12.1 Å². The summed E-state index contributed by atoms with van der Waals surface area (Å²) in [4.78, 5) is 28.8. The molecule has 0 bridgehead atoms. The van der Waals surface area contributed by atoms with E-state index in [0.717, 1.165) is 53.9 Å². The van der Waals surface area contributed by atoms with Crippen molar-refractivity contribution in [1.82, 2.24) is 4.90 Å². The number of halogens is 2. The van der Waals surface area contributed by atoms with Crippen LogP contribution in [-0.2, 0) is 16.1 Å². The number of aryl methyl sites for hydroxylation is 1. The molecule has 3 aromatic carbocycles. The van der Waals surface area contributed by atoms with Crippen molar-refractivity contribution in [3.63, 3.8) is 0 Å². The first-order valence-corrected chi connectivity index (χ1v) is 14.9. The molecule has 2 aliphatic heterocycles. The van der Waals surface area contributed by atoms with E-state index in [-0.39, 0.29) is 37.6 Å². The monoisotopic (exact) mass is 641 g/mol. The number of hydrogen-bond donors (Lipinski definition) is 1. The maximum atomic E-state index is 14.1. The summed E-state index contributed by atoms with van der Waals surface area (Å²) in [5.41, 5.74) is 3.82. The quantitative estimate of drug-likeness (QED) is 0.239. The van der Waals surface area contributed by atoms with Gasteiger partial charge < -0.3 is 34.1 Å². The Labute approximate surface area is 270 Å². The molecule has 9 nitrogen and oxygen atoms in total. The number of anilines is 2. The number of hydrogen-bond acceptors (Lipinski definition) is 7. The molecule has 5 rings (SSSR count). The standard InChI is InChI=1S/C34H40FN3O6.ClH/c1-22-9-10-23(35)19-29(22)44-21-27-25(13-14-28-31(27)37(4)32(39)34(2,3)36-28)26-12-11-24(20-30(26)41-5)42-17-8-18-43-33(40)38-15-6-7-16-38;/h9-14,19-20,36H,6-8,15-18,21H2,1-5H3;1H. The summed E-state index contributed by atoms with van der Waals surface area (Å²) in [5.74, 6) is 1.13. The third-order valence-electron chi connectivity index (χ3n) is 8.04. The molecular formula is C34H41ClFN3O6. The number of nitrogens with one attached hydrogen (secondary N) is 1. The van der Waals surface area contributed by atoms with Crippen LogP contribution in [0.2, 0.25) is 0 Å². The lowest BCUT2D eigenvalue weighted by atomic mass is 9.91. The first-order chi connectivity index (χ1) is 21.1. The molecule has 1 saturated heterocycles. The van der Waals surface area contributed by atoms with Crippen LogP contribution in [0.25, 0.3) is 11.1 Å². The molecule has 3 aromatic rings. The summed E-state index contributed by atoms with van der Waals surface area (Å²) >= 11 is 0. The molecule has 1 fully saturated rings. The van der Waals surface area contributed by atoms with Gasteiger partial charge in [-0.2, -0.15) is 0 Å². The fourth-order valence-corrected chi connectivity index (χ4v) is 5.69. The number of benzene rings is 3. The van der Waals surface area contributed by atoms with E-state index in [0.29, 0.717) is 36.0 Å². The Morgan fingerprint density at radius 1 is 0.978 bits per heavy atom. The van der Waals surface area contributed by atoms with Gasteiger partial charge in [-0.1, -0.05) is 12.1 Å². The van der Waals surface area contributed by atoms with Crippen molar-refractivity contribution in [1.29, 1.82) is 0 Å². The van der Waals surface area contributed by atoms with E-state index < -0.39 is 11.4 Å². The van der Waals surface area contributed by atoms with E-state index in [2.05, 4.69) is 5.32 Å². The van der Waals surface area contributed by atoms with Crippen LogP contribution < -0.4 is 24.4 Å². The van der Waals surface area contributed by atoms with Crippen LogP contribution >= 0.6 is 12.4 Å². The topological polar surface area (TPSA) is 89.6 Å². The number of methoxy groups -OCH3 is 1. The van der Waals surface area contributed by atoms with Crippen molar-refractivity contribution in [2.24, 2.45) is 0 Å². The summed E-state index contributed by atoms with van der Waals surface area (Å²) in [5, 5.41) is 3.36. The number of carbonyl (C=O) groups is 2. The van der Waals surface area contributed by atoms with Gasteiger partial charge in [0.1, 0.15) is 35.2 Å². The summed E-state index contributed by atoms with van der Waals surface area (Å²) in [6, 6.07) is 13.9. The molecule has 11 heteroatoms. The zero-order valence-electron chi connectivity index (χ0n) is 26.4. The normalized spacial score (nSPS) is 15.1. The molecule has 2 heterocycles. The van der Waals surface area contributed by atoms with Crippen LogP contribution in [0.1, 0.15) is 44.2 Å². The second-order valence-electron chi connectivity index (χ2n) is 11.7. The second kappa shape index (κ2) is 14.3. The van der Waals surface area contributed by atoms with Crippen LogP contribution in [0.4, 0.5) is 20.6 Å². The minimum Gasteiger partial charge on any atom is -0.496 e. The van der Waals surface area contributed by atoms with Gasteiger partial charge in [-0.05, 0) is 69.0 Å². The molecule has 2 aliphatic rings. The summed E-state index contributed by atoms with van der Waals surface area (Å²) in [7, 11) is 3.34. The van der Waals surface area contributed by atoms with Crippen LogP contribution in [0, 0.1) is 12.7 Å². The van der Waals surface area contributed by atoms with Crippen LogP contribution in [0.15, 0.2) is 48.5 Å². The maximum Gasteiger partial charge on any atom is 0.409 e. The average Bonchev–Trinajstić information content (AvgIpc) is 3.55. The van der Waals surface area contributed by atoms with Crippen molar-refractivity contribution in [2.75, 3.05) is 50.7 Å². The molecule has 242 valence electrons. The third kappa shape index (κ3) is 7.39. The van der Waals surface area contributed by atoms with Crippen molar-refractivity contribution in [2.45, 2.75) is 52.2 Å². The molecule has 45 heavy (non-hydrogen) atoms. The maximum absolute atomic E-state index is 14.1. The molecule has 0 spiro atoms. The number of carbonyl (C=O) groups excluding carboxylic acids is 2. The molecule has 0 aliphatic carbocycles. The predicted octanol–water partition coefficient (Wildman–Crippen LogP) is 6.98. The van der Waals surface area contributed by atoms with Crippen molar-refractivity contribution < 1.29 is 32.9 Å². The second-order valence-corrected chi connectivity index (χ2v) is 11.7. The van der Waals surface area contributed by atoms with E-state index in [9.17, 15) is 14.0 Å². The van der Waals surface area contributed by atoms with E-state index in [4.69, 9.17) is 18.9 Å². The lowest BCUT2D eigenvalue weighted by Crippen LogP contribution is -2.52. The number of ether oxygens (including phenoxy) is 4. The van der Waals surface area contributed by atoms with Crippen LogP contribution in [0.3, 0.4) is 0 Å². The summed E-state index contributed by atoms with van der Waals surface area (Å²) in [6.45, 7) is 7.79. The number of likely N-dealkylation sites (N-methyl/N-ethyl adjacent to an activating group) is 1. The highest BCUT2D eigenvalue weighted by atomic mass is 35.5. The van der Waals surface area contributed by atoms with Gasteiger partial charge in [0.2, 0.25) is 0 Å². The van der Waals surface area contributed by atoms with Gasteiger partial charge in [0.15, 0.2) is 0 Å². The van der Waals surface area contributed by atoms with Gasteiger partial charge in [-0.25, -0.2) is 9.18 Å². The summed E-state index contributed by atoms with van der Waals surface area (Å²) in [6.07, 6.45) is 2.33. The van der Waals surface area contributed by atoms with Gasteiger partial charge in [-0.3, -0.25) is 4.79 Å². The van der Waals surface area contributed by atoms with Gasteiger partial charge >= 0.3 is 6.09 Å². The van der Waals surface area contributed by atoms with E-state index in [1.807, 2.05) is 51.1 Å². The number of nitrogens with zero attached hydrogens (tertiary/aromatic N) is 2. The Bertz CT molecular complexity index is 1540. The minimum absolute atomic E-state index is 0. The largest absolute Gasteiger partial charge is 0.496 e. The average molecular weight is 642 g/mol. The number of amides is 2. The first-order valence-electron chi connectivity index (χ1n) is 14.9. The molecule has 0 radical (unpaired) electrons. The molecular weight excluding hydrogens is 601 g/mol. The molecule has 1 N–H and O–H groups in total. The Morgan fingerprint density at radius 2 is 1.71 bits per heavy atom. The fraction of sp³-hybridized carbons (Fsp3) is 0.412. The molecule has 0 unspecified atom stereocenters. The highest BCUT2D eigenvalue weighted by molar-refractivity contribution is 6.08. The molecule has 0 aromatic heterocycles. The number of rotatable bonds is 10. The van der Waals surface area contributed by atoms with E-state index >= 15 is 0 Å². The Morgan fingerprint density at radius 3 is 2.44 bits per heavy atom. The number of likely N-dealkylation sites (tertiary alicyclic amines) is 1. The van der Waals surface area contributed by atoms with Gasteiger partial charge in [0, 0.05) is 49.8 Å². The van der Waals surface area contributed by atoms with Crippen molar-refractivity contribution >= 4 is 35.8 Å². The zero-order chi connectivity index (χ0) is 31.4. The Hall–Kier alpha value is -4.18. The highest BCUT2D eigenvalue weighted by Crippen LogP contribution is 2.45. The highest BCUT2D eigenvalue weighted by Gasteiger charge is 2.38. The smallest absolute Gasteiger partial charge is 0.409 e. The van der Waals surface area contributed by atoms with Crippen molar-refractivity contribution in [3.05, 3.63) is 65.5 Å². The lowest BCUT2D eigenvalue weighted by Gasteiger charge is -2.39. The first kappa shape index (κ1) is 33.7. The SMILES string of the molecule is COc1cc(OCCCOC(=O)N2CCCC2)ccc1-c1ccc2c(c1COc1cc(F)ccc1C)N(C)C(=O)C(C)(C)N2.Cl. The zero-order valence-corrected chi connectivity index (χ0v) is 27.2.